The van der Waals surface area contributed by atoms with Gasteiger partial charge >= 0.3 is 5.97 Å². The number of phenols is 1. The van der Waals surface area contributed by atoms with E-state index in [1.807, 2.05) is 0 Å². The van der Waals surface area contributed by atoms with Crippen molar-refractivity contribution in [1.29, 1.82) is 0 Å². The molecule has 0 aliphatic carbocycles. The summed E-state index contributed by atoms with van der Waals surface area (Å²) in [6.07, 6.45) is 1.39. The van der Waals surface area contributed by atoms with E-state index in [1.54, 1.807) is 0 Å². The van der Waals surface area contributed by atoms with E-state index < -0.39 is 17.6 Å². The normalized spacial score (nSPS) is 10.0. The van der Waals surface area contributed by atoms with Crippen LogP contribution in [0.25, 0.3) is 0 Å². The lowest BCUT2D eigenvalue weighted by Gasteiger charge is -2.07. The van der Waals surface area contributed by atoms with E-state index in [2.05, 4.69) is 10.3 Å². The van der Waals surface area contributed by atoms with Gasteiger partial charge in [0.25, 0.3) is 5.91 Å². The molecule has 0 saturated heterocycles. The minimum atomic E-state index is -1.26. The van der Waals surface area contributed by atoms with Crippen molar-refractivity contribution in [3.8, 4) is 5.75 Å². The van der Waals surface area contributed by atoms with Crippen LogP contribution in [0.5, 0.6) is 5.75 Å². The zero-order valence-corrected chi connectivity index (χ0v) is 9.77. The number of hydrogen-bond acceptors (Lipinski definition) is 5. The van der Waals surface area contributed by atoms with Crippen molar-refractivity contribution in [2.45, 2.75) is 0 Å². The first-order valence-corrected chi connectivity index (χ1v) is 5.72. The highest BCUT2D eigenvalue weighted by Gasteiger charge is 2.15. The summed E-state index contributed by atoms with van der Waals surface area (Å²) in [5, 5.41) is 21.0. The number of carbonyl (C=O) groups is 2. The molecule has 1 amide bonds. The third kappa shape index (κ3) is 2.30. The topological polar surface area (TPSA) is 99.5 Å². The second kappa shape index (κ2) is 4.84. The Balaban J connectivity index is 2.27. The molecule has 0 bridgehead atoms. The lowest BCUT2D eigenvalue weighted by atomic mass is 10.1. The Morgan fingerprint density at radius 2 is 2.11 bits per heavy atom. The van der Waals surface area contributed by atoms with Crippen molar-refractivity contribution in [1.82, 2.24) is 4.98 Å². The number of aromatic nitrogens is 1. The summed E-state index contributed by atoms with van der Waals surface area (Å²) >= 11 is 1.15. The zero-order chi connectivity index (χ0) is 13.1. The molecule has 3 N–H and O–H groups in total. The molecular formula is C11H8N2O4S. The predicted molar refractivity (Wildman–Crippen MR) is 65.1 cm³/mol. The first kappa shape index (κ1) is 12.1. The molecule has 2 aromatic rings. The molecule has 0 fully saturated rings. The van der Waals surface area contributed by atoms with Crippen molar-refractivity contribution in [3.63, 3.8) is 0 Å². The fraction of sp³-hybridized carbons (Fsp3) is 0. The van der Waals surface area contributed by atoms with Gasteiger partial charge in [-0.3, -0.25) is 9.78 Å². The molecular weight excluding hydrogens is 256 g/mol. The van der Waals surface area contributed by atoms with Crippen molar-refractivity contribution >= 4 is 28.9 Å². The molecule has 1 aromatic heterocycles. The molecule has 0 aliphatic heterocycles. The van der Waals surface area contributed by atoms with Crippen LogP contribution < -0.4 is 5.32 Å². The molecule has 18 heavy (non-hydrogen) atoms. The fourth-order valence-electron chi connectivity index (χ4n) is 1.33. The molecule has 0 spiro atoms. The van der Waals surface area contributed by atoms with E-state index in [4.69, 9.17) is 5.11 Å². The third-order valence-electron chi connectivity index (χ3n) is 2.17. The summed E-state index contributed by atoms with van der Waals surface area (Å²) in [6.45, 7) is 0. The molecule has 0 saturated carbocycles. The van der Waals surface area contributed by atoms with Gasteiger partial charge < -0.3 is 15.5 Å². The number of para-hydroxylation sites is 1. The number of benzene rings is 1. The van der Waals surface area contributed by atoms with Gasteiger partial charge in [0, 0.05) is 0 Å². The Bertz CT molecular complexity index is 595. The first-order valence-electron chi connectivity index (χ1n) is 4.84. The van der Waals surface area contributed by atoms with Gasteiger partial charge in [0.15, 0.2) is 5.75 Å². The molecule has 0 unspecified atom stereocenters. The summed E-state index contributed by atoms with van der Waals surface area (Å²) in [5.74, 6) is -2.18. The van der Waals surface area contributed by atoms with E-state index in [-0.39, 0.29) is 11.3 Å². The number of thiazole rings is 1. The van der Waals surface area contributed by atoms with Gasteiger partial charge in [0.05, 0.1) is 17.4 Å². The number of aromatic hydroxyl groups is 1. The van der Waals surface area contributed by atoms with Crippen molar-refractivity contribution in [2.75, 3.05) is 5.32 Å². The van der Waals surface area contributed by atoms with E-state index in [1.165, 1.54) is 29.9 Å². The summed E-state index contributed by atoms with van der Waals surface area (Å²) in [7, 11) is 0. The molecule has 0 radical (unpaired) electrons. The number of aromatic carboxylic acids is 1. The smallest absolute Gasteiger partial charge is 0.339 e. The van der Waals surface area contributed by atoms with Crippen molar-refractivity contribution < 1.29 is 19.8 Å². The number of rotatable bonds is 3. The number of hydrogen-bond donors (Lipinski definition) is 3. The first-order chi connectivity index (χ1) is 8.59. The lowest BCUT2D eigenvalue weighted by molar-refractivity contribution is 0.0693. The van der Waals surface area contributed by atoms with Gasteiger partial charge in [-0.1, -0.05) is 6.07 Å². The van der Waals surface area contributed by atoms with Gasteiger partial charge in [0.2, 0.25) is 0 Å². The number of carboxylic acid groups (broad SMARTS) is 1. The van der Waals surface area contributed by atoms with Crippen LogP contribution in [-0.4, -0.2) is 27.1 Å². The summed E-state index contributed by atoms with van der Waals surface area (Å²) in [5.41, 5.74) is 1.29. The van der Waals surface area contributed by atoms with Gasteiger partial charge in [-0.2, -0.15) is 0 Å². The molecule has 0 aliphatic rings. The SMILES string of the molecule is O=C(Nc1cccc(C(=O)O)c1O)c1cncs1. The predicted octanol–water partition coefficient (Wildman–Crippen LogP) is 1.80. The largest absolute Gasteiger partial charge is 0.505 e. The van der Waals surface area contributed by atoms with E-state index in [9.17, 15) is 14.7 Å². The maximum Gasteiger partial charge on any atom is 0.339 e. The molecule has 2 rings (SSSR count). The minimum absolute atomic E-state index is 0.0494. The Hall–Kier alpha value is -2.41. The lowest BCUT2D eigenvalue weighted by Crippen LogP contribution is -2.11. The molecule has 7 heteroatoms. The second-order valence-corrected chi connectivity index (χ2v) is 4.21. The average Bonchev–Trinajstić information content (AvgIpc) is 2.85. The number of anilines is 1. The average molecular weight is 264 g/mol. The fourth-order valence-corrected chi connectivity index (χ4v) is 1.84. The Labute approximate surface area is 106 Å². The molecule has 1 heterocycles. The Morgan fingerprint density at radius 1 is 1.33 bits per heavy atom. The quantitative estimate of drug-likeness (QED) is 0.734. The molecule has 92 valence electrons. The maximum atomic E-state index is 11.7. The number of amides is 1. The summed E-state index contributed by atoms with van der Waals surface area (Å²) in [6, 6.07) is 4.10. The van der Waals surface area contributed by atoms with E-state index in [0.717, 1.165) is 11.3 Å². The number of nitrogens with one attached hydrogen (secondary N) is 1. The van der Waals surface area contributed by atoms with Crippen LogP contribution in [0.1, 0.15) is 20.0 Å². The van der Waals surface area contributed by atoms with Gasteiger partial charge in [-0.05, 0) is 12.1 Å². The van der Waals surface area contributed by atoms with Crippen LogP contribution in [-0.2, 0) is 0 Å². The highest BCUT2D eigenvalue weighted by Crippen LogP contribution is 2.28. The number of carboxylic acids is 1. The van der Waals surface area contributed by atoms with E-state index >= 15 is 0 Å². The third-order valence-corrected chi connectivity index (χ3v) is 2.94. The van der Waals surface area contributed by atoms with Crippen LogP contribution in [0.4, 0.5) is 5.69 Å². The molecule has 0 atom stereocenters. The van der Waals surface area contributed by atoms with Gasteiger partial charge in [0.1, 0.15) is 10.4 Å². The minimum Gasteiger partial charge on any atom is -0.505 e. The zero-order valence-electron chi connectivity index (χ0n) is 8.95. The summed E-state index contributed by atoms with van der Waals surface area (Å²) in [4.78, 5) is 26.6. The Morgan fingerprint density at radius 3 is 2.72 bits per heavy atom. The van der Waals surface area contributed by atoms with Gasteiger partial charge in [-0.25, -0.2) is 4.79 Å². The summed E-state index contributed by atoms with van der Waals surface area (Å²) < 4.78 is 0. The standard InChI is InChI=1S/C11H8N2O4S/c14-9-6(11(16)17)2-1-3-7(9)13-10(15)8-4-12-5-18-8/h1-5,14H,(H,13,15)(H,16,17). The number of nitrogens with zero attached hydrogens (tertiary/aromatic N) is 1. The van der Waals surface area contributed by atoms with Crippen LogP contribution in [0.15, 0.2) is 29.9 Å². The Kier molecular flexibility index (Phi) is 3.24. The molecule has 1 aromatic carbocycles. The second-order valence-electron chi connectivity index (χ2n) is 3.33. The van der Waals surface area contributed by atoms with Crippen LogP contribution in [0.3, 0.4) is 0 Å². The highest BCUT2D eigenvalue weighted by molar-refractivity contribution is 7.11. The van der Waals surface area contributed by atoms with Crippen LogP contribution in [0.2, 0.25) is 0 Å². The maximum absolute atomic E-state index is 11.7. The monoisotopic (exact) mass is 264 g/mol. The van der Waals surface area contributed by atoms with E-state index in [0.29, 0.717) is 4.88 Å². The van der Waals surface area contributed by atoms with Crippen molar-refractivity contribution in [2.24, 2.45) is 0 Å². The van der Waals surface area contributed by atoms with Crippen LogP contribution >= 0.6 is 11.3 Å². The van der Waals surface area contributed by atoms with Crippen molar-refractivity contribution in [3.05, 3.63) is 40.3 Å². The highest BCUT2D eigenvalue weighted by atomic mass is 32.1. The number of carbonyl (C=O) groups excluding carboxylic acids is 1. The molecule has 6 nitrogen and oxygen atoms in total. The van der Waals surface area contributed by atoms with Gasteiger partial charge in [-0.15, -0.1) is 11.3 Å². The van der Waals surface area contributed by atoms with Crippen LogP contribution in [0, 0.1) is 0 Å².